The molecule has 1 heterocycles. The fourth-order valence-electron chi connectivity index (χ4n) is 4.11. The summed E-state index contributed by atoms with van der Waals surface area (Å²) in [6, 6.07) is 19.0. The van der Waals surface area contributed by atoms with Gasteiger partial charge in [0.05, 0.1) is 5.41 Å². The SMILES string of the molecule is COCC(=O)N1CCC(Cc2ccc(-c3ccccc3)cc2)(C(=O)NC2CC2)C1. The van der Waals surface area contributed by atoms with E-state index in [1.165, 1.54) is 12.7 Å². The molecule has 5 nitrogen and oxygen atoms in total. The van der Waals surface area contributed by atoms with Crippen molar-refractivity contribution < 1.29 is 14.3 Å². The predicted molar refractivity (Wildman–Crippen MR) is 112 cm³/mol. The molecular formula is C24H28N2O3. The summed E-state index contributed by atoms with van der Waals surface area (Å²) in [5.74, 6) is 0.0351. The molecule has 1 N–H and O–H groups in total. The number of benzene rings is 2. The second-order valence-corrected chi connectivity index (χ2v) is 8.27. The van der Waals surface area contributed by atoms with Crippen LogP contribution in [0.5, 0.6) is 0 Å². The molecule has 1 unspecified atom stereocenters. The fourth-order valence-corrected chi connectivity index (χ4v) is 4.11. The van der Waals surface area contributed by atoms with Crippen molar-refractivity contribution in [3.05, 3.63) is 60.2 Å². The van der Waals surface area contributed by atoms with Gasteiger partial charge in [-0.15, -0.1) is 0 Å². The molecule has 1 saturated heterocycles. The molecule has 0 aromatic heterocycles. The monoisotopic (exact) mass is 392 g/mol. The molecule has 1 aliphatic carbocycles. The van der Waals surface area contributed by atoms with Crippen LogP contribution in [0.3, 0.4) is 0 Å². The molecule has 2 fully saturated rings. The van der Waals surface area contributed by atoms with Crippen LogP contribution in [0.1, 0.15) is 24.8 Å². The lowest BCUT2D eigenvalue weighted by molar-refractivity contribution is -0.136. The predicted octanol–water partition coefficient (Wildman–Crippen LogP) is 3.04. The van der Waals surface area contributed by atoms with E-state index in [0.29, 0.717) is 32.0 Å². The van der Waals surface area contributed by atoms with E-state index in [1.807, 2.05) is 18.2 Å². The van der Waals surface area contributed by atoms with Crippen LogP contribution in [0.4, 0.5) is 0 Å². The maximum absolute atomic E-state index is 13.2. The molecular weight excluding hydrogens is 364 g/mol. The number of carbonyl (C=O) groups excluding carboxylic acids is 2. The van der Waals surface area contributed by atoms with Crippen molar-refractivity contribution in [2.75, 3.05) is 26.8 Å². The molecule has 152 valence electrons. The summed E-state index contributed by atoms with van der Waals surface area (Å²) in [5, 5.41) is 3.18. The highest BCUT2D eigenvalue weighted by Gasteiger charge is 2.47. The molecule has 29 heavy (non-hydrogen) atoms. The van der Waals surface area contributed by atoms with E-state index in [1.54, 1.807) is 4.90 Å². The first-order chi connectivity index (χ1) is 14.1. The van der Waals surface area contributed by atoms with Crippen LogP contribution >= 0.6 is 0 Å². The zero-order valence-electron chi connectivity index (χ0n) is 16.9. The third kappa shape index (κ3) is 4.51. The molecule has 1 aliphatic heterocycles. The first-order valence-corrected chi connectivity index (χ1v) is 10.3. The highest BCUT2D eigenvalue weighted by Crippen LogP contribution is 2.36. The molecule has 2 aromatic rings. The molecule has 5 heteroatoms. The van der Waals surface area contributed by atoms with Crippen molar-refractivity contribution >= 4 is 11.8 Å². The van der Waals surface area contributed by atoms with E-state index in [2.05, 4.69) is 41.7 Å². The zero-order chi connectivity index (χ0) is 20.3. The third-order valence-electron chi connectivity index (χ3n) is 5.97. The van der Waals surface area contributed by atoms with Gasteiger partial charge in [-0.05, 0) is 42.4 Å². The Morgan fingerprint density at radius 3 is 2.41 bits per heavy atom. The summed E-state index contributed by atoms with van der Waals surface area (Å²) in [6.07, 6.45) is 3.43. The molecule has 4 rings (SSSR count). The Morgan fingerprint density at radius 2 is 1.76 bits per heavy atom. The second kappa shape index (κ2) is 8.37. The van der Waals surface area contributed by atoms with Gasteiger partial charge in [0.1, 0.15) is 6.61 Å². The lowest BCUT2D eigenvalue weighted by Gasteiger charge is -2.28. The summed E-state index contributed by atoms with van der Waals surface area (Å²) in [7, 11) is 1.52. The minimum absolute atomic E-state index is 0.0481. The Kier molecular flexibility index (Phi) is 5.67. The summed E-state index contributed by atoms with van der Waals surface area (Å²) in [5.41, 5.74) is 2.89. The summed E-state index contributed by atoms with van der Waals surface area (Å²) >= 11 is 0. The number of ether oxygens (including phenoxy) is 1. The number of rotatable bonds is 7. The van der Waals surface area contributed by atoms with Gasteiger partial charge in [-0.25, -0.2) is 0 Å². The number of likely N-dealkylation sites (tertiary alicyclic amines) is 1. The minimum Gasteiger partial charge on any atom is -0.375 e. The average Bonchev–Trinajstić information content (AvgIpc) is 3.45. The Balaban J connectivity index is 1.52. The minimum atomic E-state index is -0.569. The average molecular weight is 392 g/mol. The number of hydrogen-bond donors (Lipinski definition) is 1. The van der Waals surface area contributed by atoms with Gasteiger partial charge < -0.3 is 15.0 Å². The summed E-state index contributed by atoms with van der Waals surface area (Å²) < 4.78 is 5.00. The summed E-state index contributed by atoms with van der Waals surface area (Å²) in [4.78, 5) is 27.2. The Bertz CT molecular complexity index is 861. The van der Waals surface area contributed by atoms with E-state index in [9.17, 15) is 9.59 Å². The molecule has 0 bridgehead atoms. The van der Waals surface area contributed by atoms with Crippen LogP contribution in [-0.4, -0.2) is 49.6 Å². The molecule has 2 aromatic carbocycles. The van der Waals surface area contributed by atoms with Gasteiger partial charge in [-0.3, -0.25) is 9.59 Å². The maximum atomic E-state index is 13.2. The van der Waals surface area contributed by atoms with Gasteiger partial charge in [0.2, 0.25) is 11.8 Å². The standard InChI is InChI=1S/C24H28N2O3/c1-29-16-22(27)26-14-13-24(17-26,23(28)25-21-11-12-21)15-18-7-9-20(10-8-18)19-5-3-2-4-6-19/h2-10,21H,11-17H2,1H3,(H,25,28). The number of nitrogens with zero attached hydrogens (tertiary/aromatic N) is 1. The first-order valence-electron chi connectivity index (χ1n) is 10.3. The van der Waals surface area contributed by atoms with Gasteiger partial charge in [-0.1, -0.05) is 54.6 Å². The highest BCUT2D eigenvalue weighted by atomic mass is 16.5. The third-order valence-corrected chi connectivity index (χ3v) is 5.97. The van der Waals surface area contributed by atoms with Crippen molar-refractivity contribution in [3.8, 4) is 11.1 Å². The number of nitrogens with one attached hydrogen (secondary N) is 1. The van der Waals surface area contributed by atoms with Crippen molar-refractivity contribution in [1.29, 1.82) is 0 Å². The molecule has 1 saturated carbocycles. The van der Waals surface area contributed by atoms with Crippen LogP contribution < -0.4 is 5.32 Å². The van der Waals surface area contributed by atoms with E-state index in [4.69, 9.17) is 4.74 Å². The molecule has 1 atom stereocenters. The lowest BCUT2D eigenvalue weighted by atomic mass is 9.79. The number of carbonyl (C=O) groups is 2. The lowest BCUT2D eigenvalue weighted by Crippen LogP contribution is -2.46. The normalized spacial score (nSPS) is 21.2. The fraction of sp³-hybridized carbons (Fsp3) is 0.417. The van der Waals surface area contributed by atoms with Crippen molar-refractivity contribution in [2.45, 2.75) is 31.7 Å². The van der Waals surface area contributed by atoms with Crippen molar-refractivity contribution in [1.82, 2.24) is 10.2 Å². The van der Waals surface area contributed by atoms with Crippen LogP contribution in [0.15, 0.2) is 54.6 Å². The molecule has 2 amide bonds. The van der Waals surface area contributed by atoms with Crippen LogP contribution in [0.25, 0.3) is 11.1 Å². The molecule has 2 aliphatic rings. The Hall–Kier alpha value is -2.66. The maximum Gasteiger partial charge on any atom is 0.248 e. The largest absolute Gasteiger partial charge is 0.375 e. The Labute approximate surface area is 172 Å². The topological polar surface area (TPSA) is 58.6 Å². The van der Waals surface area contributed by atoms with Crippen LogP contribution in [-0.2, 0) is 20.7 Å². The van der Waals surface area contributed by atoms with Gasteiger partial charge in [0.25, 0.3) is 0 Å². The van der Waals surface area contributed by atoms with Gasteiger partial charge in [0, 0.05) is 26.2 Å². The zero-order valence-corrected chi connectivity index (χ0v) is 16.9. The summed E-state index contributed by atoms with van der Waals surface area (Å²) in [6.45, 7) is 1.11. The number of amides is 2. The van der Waals surface area contributed by atoms with E-state index in [-0.39, 0.29) is 18.4 Å². The van der Waals surface area contributed by atoms with Crippen LogP contribution in [0, 0.1) is 5.41 Å². The quantitative estimate of drug-likeness (QED) is 0.788. The molecule has 0 spiro atoms. The van der Waals surface area contributed by atoms with Crippen molar-refractivity contribution in [3.63, 3.8) is 0 Å². The number of hydrogen-bond acceptors (Lipinski definition) is 3. The first kappa shape index (κ1) is 19.6. The van der Waals surface area contributed by atoms with E-state index < -0.39 is 5.41 Å². The Morgan fingerprint density at radius 1 is 1.07 bits per heavy atom. The van der Waals surface area contributed by atoms with E-state index in [0.717, 1.165) is 24.0 Å². The van der Waals surface area contributed by atoms with Gasteiger partial charge in [-0.2, -0.15) is 0 Å². The van der Waals surface area contributed by atoms with E-state index >= 15 is 0 Å². The van der Waals surface area contributed by atoms with Crippen molar-refractivity contribution in [2.24, 2.45) is 5.41 Å². The van der Waals surface area contributed by atoms with Gasteiger partial charge in [0.15, 0.2) is 0 Å². The number of methoxy groups -OCH3 is 1. The van der Waals surface area contributed by atoms with Crippen LogP contribution in [0.2, 0.25) is 0 Å². The smallest absolute Gasteiger partial charge is 0.248 e. The second-order valence-electron chi connectivity index (χ2n) is 8.27. The van der Waals surface area contributed by atoms with Gasteiger partial charge >= 0.3 is 0 Å². The molecule has 0 radical (unpaired) electrons. The highest BCUT2D eigenvalue weighted by molar-refractivity contribution is 5.86.